The standard InChI is InChI=1S/C15H17N5/c1-2-4-13-11(3-1)5-6-20(13)15-7-14(17-10-18-15)19-12-8-16-9-12/h1-4,7,10,12,16H,5-6,8-9H2,(H,17,18,19). The molecule has 2 aliphatic rings. The van der Waals surface area contributed by atoms with Crippen molar-refractivity contribution in [2.75, 3.05) is 29.9 Å². The lowest BCUT2D eigenvalue weighted by Crippen LogP contribution is -2.51. The third kappa shape index (κ3) is 2.00. The number of nitrogens with zero attached hydrogens (tertiary/aromatic N) is 3. The van der Waals surface area contributed by atoms with Gasteiger partial charge in [-0.15, -0.1) is 0 Å². The molecule has 0 aliphatic carbocycles. The molecule has 0 spiro atoms. The van der Waals surface area contributed by atoms with Crippen molar-refractivity contribution in [1.82, 2.24) is 15.3 Å². The van der Waals surface area contributed by atoms with Crippen LogP contribution in [0.3, 0.4) is 0 Å². The van der Waals surface area contributed by atoms with Crippen LogP contribution < -0.4 is 15.5 Å². The first-order valence-corrected chi connectivity index (χ1v) is 7.05. The van der Waals surface area contributed by atoms with Crippen LogP contribution in [0.2, 0.25) is 0 Å². The fourth-order valence-electron chi connectivity index (χ4n) is 2.75. The van der Waals surface area contributed by atoms with Crippen molar-refractivity contribution in [1.29, 1.82) is 0 Å². The predicted octanol–water partition coefficient (Wildman–Crippen LogP) is 1.55. The van der Waals surface area contributed by atoms with Crippen molar-refractivity contribution in [3.8, 4) is 0 Å². The van der Waals surface area contributed by atoms with E-state index < -0.39 is 0 Å². The van der Waals surface area contributed by atoms with Crippen molar-refractivity contribution in [2.24, 2.45) is 0 Å². The summed E-state index contributed by atoms with van der Waals surface area (Å²) in [5.41, 5.74) is 2.66. The summed E-state index contributed by atoms with van der Waals surface area (Å²) in [6, 6.07) is 11.1. The summed E-state index contributed by atoms with van der Waals surface area (Å²) in [6.07, 6.45) is 2.72. The molecule has 102 valence electrons. The average molecular weight is 267 g/mol. The van der Waals surface area contributed by atoms with E-state index in [0.717, 1.165) is 37.7 Å². The molecule has 20 heavy (non-hydrogen) atoms. The minimum atomic E-state index is 0.489. The van der Waals surface area contributed by atoms with Crippen molar-refractivity contribution < 1.29 is 0 Å². The monoisotopic (exact) mass is 267 g/mol. The molecule has 5 nitrogen and oxygen atoms in total. The number of hydrogen-bond donors (Lipinski definition) is 2. The number of hydrogen-bond acceptors (Lipinski definition) is 5. The topological polar surface area (TPSA) is 53.1 Å². The first-order chi connectivity index (χ1) is 9.90. The fourth-order valence-corrected chi connectivity index (χ4v) is 2.75. The first-order valence-electron chi connectivity index (χ1n) is 7.05. The van der Waals surface area contributed by atoms with Crippen LogP contribution in [0.1, 0.15) is 5.56 Å². The number of benzene rings is 1. The van der Waals surface area contributed by atoms with E-state index in [0.29, 0.717) is 6.04 Å². The summed E-state index contributed by atoms with van der Waals surface area (Å²) in [7, 11) is 0. The molecular weight excluding hydrogens is 250 g/mol. The maximum Gasteiger partial charge on any atom is 0.138 e. The lowest BCUT2D eigenvalue weighted by Gasteiger charge is -2.28. The lowest BCUT2D eigenvalue weighted by molar-refractivity contribution is 0.471. The quantitative estimate of drug-likeness (QED) is 0.884. The molecule has 0 radical (unpaired) electrons. The highest BCUT2D eigenvalue weighted by atomic mass is 15.2. The van der Waals surface area contributed by atoms with Crippen LogP contribution in [0.25, 0.3) is 0 Å². The lowest BCUT2D eigenvalue weighted by atomic mass is 10.2. The number of nitrogens with one attached hydrogen (secondary N) is 2. The maximum atomic E-state index is 4.43. The van der Waals surface area contributed by atoms with Crippen LogP contribution in [-0.2, 0) is 6.42 Å². The second-order valence-electron chi connectivity index (χ2n) is 5.29. The Morgan fingerprint density at radius 2 is 2.10 bits per heavy atom. The van der Waals surface area contributed by atoms with E-state index in [-0.39, 0.29) is 0 Å². The van der Waals surface area contributed by atoms with E-state index in [2.05, 4.69) is 49.8 Å². The van der Waals surface area contributed by atoms with E-state index in [1.807, 2.05) is 6.07 Å². The zero-order valence-electron chi connectivity index (χ0n) is 11.2. The molecule has 0 saturated carbocycles. The Morgan fingerprint density at radius 3 is 2.95 bits per heavy atom. The van der Waals surface area contributed by atoms with Gasteiger partial charge in [-0.05, 0) is 18.1 Å². The van der Waals surface area contributed by atoms with Gasteiger partial charge in [0, 0.05) is 31.4 Å². The largest absolute Gasteiger partial charge is 0.365 e. The van der Waals surface area contributed by atoms with Gasteiger partial charge in [-0.3, -0.25) is 0 Å². The minimum absolute atomic E-state index is 0.489. The van der Waals surface area contributed by atoms with Gasteiger partial charge in [0.1, 0.15) is 18.0 Å². The predicted molar refractivity (Wildman–Crippen MR) is 79.5 cm³/mol. The van der Waals surface area contributed by atoms with Crippen LogP contribution in [0.5, 0.6) is 0 Å². The van der Waals surface area contributed by atoms with E-state index in [9.17, 15) is 0 Å². The summed E-state index contributed by atoms with van der Waals surface area (Å²) >= 11 is 0. The van der Waals surface area contributed by atoms with Gasteiger partial charge in [-0.1, -0.05) is 18.2 Å². The Bertz CT molecular complexity index is 623. The second-order valence-corrected chi connectivity index (χ2v) is 5.29. The highest BCUT2D eigenvalue weighted by Gasteiger charge is 2.22. The second kappa shape index (κ2) is 4.76. The Labute approximate surface area is 118 Å². The van der Waals surface area contributed by atoms with Crippen LogP contribution >= 0.6 is 0 Å². The molecule has 4 rings (SSSR count). The Balaban J connectivity index is 1.61. The summed E-state index contributed by atoms with van der Waals surface area (Å²) < 4.78 is 0. The van der Waals surface area contributed by atoms with Crippen LogP contribution in [-0.4, -0.2) is 35.6 Å². The third-order valence-corrected chi connectivity index (χ3v) is 3.95. The van der Waals surface area contributed by atoms with Crippen LogP contribution in [0.15, 0.2) is 36.7 Å². The highest BCUT2D eigenvalue weighted by Crippen LogP contribution is 2.33. The molecular formula is C15H17N5. The number of aromatic nitrogens is 2. The maximum absolute atomic E-state index is 4.43. The smallest absolute Gasteiger partial charge is 0.138 e. The molecule has 2 aliphatic heterocycles. The number of para-hydroxylation sites is 1. The highest BCUT2D eigenvalue weighted by molar-refractivity contribution is 5.68. The van der Waals surface area contributed by atoms with Crippen molar-refractivity contribution in [3.63, 3.8) is 0 Å². The zero-order chi connectivity index (χ0) is 13.4. The Hall–Kier alpha value is -2.14. The molecule has 5 heteroatoms. The third-order valence-electron chi connectivity index (χ3n) is 3.95. The normalized spacial score (nSPS) is 17.7. The number of fused-ring (bicyclic) bond motifs is 1. The van der Waals surface area contributed by atoms with Crippen molar-refractivity contribution in [2.45, 2.75) is 12.5 Å². The Kier molecular flexibility index (Phi) is 2.77. The molecule has 1 aromatic heterocycles. The number of rotatable bonds is 3. The first kappa shape index (κ1) is 11.7. The van der Waals surface area contributed by atoms with Gasteiger partial charge in [0.25, 0.3) is 0 Å². The van der Waals surface area contributed by atoms with E-state index in [1.54, 1.807) is 6.33 Å². The molecule has 1 aromatic carbocycles. The van der Waals surface area contributed by atoms with E-state index in [1.165, 1.54) is 11.3 Å². The van der Waals surface area contributed by atoms with E-state index in [4.69, 9.17) is 0 Å². The molecule has 2 aromatic rings. The molecule has 0 amide bonds. The fraction of sp³-hybridized carbons (Fsp3) is 0.333. The van der Waals surface area contributed by atoms with Gasteiger partial charge in [0.15, 0.2) is 0 Å². The van der Waals surface area contributed by atoms with Gasteiger partial charge < -0.3 is 15.5 Å². The zero-order valence-corrected chi connectivity index (χ0v) is 11.2. The molecule has 1 fully saturated rings. The number of anilines is 3. The molecule has 3 heterocycles. The average Bonchev–Trinajstić information content (AvgIpc) is 2.87. The molecule has 0 bridgehead atoms. The summed E-state index contributed by atoms with van der Waals surface area (Å²) in [5.74, 6) is 1.88. The summed E-state index contributed by atoms with van der Waals surface area (Å²) in [5, 5.41) is 6.67. The van der Waals surface area contributed by atoms with Crippen molar-refractivity contribution >= 4 is 17.3 Å². The minimum Gasteiger partial charge on any atom is -0.365 e. The van der Waals surface area contributed by atoms with Gasteiger partial charge in [-0.2, -0.15) is 0 Å². The summed E-state index contributed by atoms with van der Waals surface area (Å²) in [6.45, 7) is 3.00. The van der Waals surface area contributed by atoms with Crippen LogP contribution in [0.4, 0.5) is 17.3 Å². The van der Waals surface area contributed by atoms with Crippen molar-refractivity contribution in [3.05, 3.63) is 42.2 Å². The molecule has 1 saturated heterocycles. The Morgan fingerprint density at radius 1 is 1.20 bits per heavy atom. The SMILES string of the molecule is c1ccc2c(c1)CCN2c1cc(NC2CNC2)ncn1. The summed E-state index contributed by atoms with van der Waals surface area (Å²) in [4.78, 5) is 11.0. The van der Waals surface area contributed by atoms with Gasteiger partial charge >= 0.3 is 0 Å². The van der Waals surface area contributed by atoms with Crippen LogP contribution in [0, 0.1) is 0 Å². The molecule has 0 unspecified atom stereocenters. The molecule has 0 atom stereocenters. The van der Waals surface area contributed by atoms with Gasteiger partial charge in [-0.25, -0.2) is 9.97 Å². The molecule has 2 N–H and O–H groups in total. The van der Waals surface area contributed by atoms with E-state index >= 15 is 0 Å². The van der Waals surface area contributed by atoms with Gasteiger partial charge in [0.2, 0.25) is 0 Å². The van der Waals surface area contributed by atoms with Gasteiger partial charge in [0.05, 0.1) is 6.04 Å².